The summed E-state index contributed by atoms with van der Waals surface area (Å²) >= 11 is 6.05. The normalized spacial score (nSPS) is 16.7. The number of halogens is 1. The van der Waals surface area contributed by atoms with E-state index in [2.05, 4.69) is 21.3 Å². The lowest BCUT2D eigenvalue weighted by atomic mass is 10.0. The number of hydrogen-bond acceptors (Lipinski definition) is 3. The van der Waals surface area contributed by atoms with Crippen molar-refractivity contribution in [3.8, 4) is 0 Å². The Morgan fingerprint density at radius 2 is 1.79 bits per heavy atom. The molecule has 3 aromatic rings. The van der Waals surface area contributed by atoms with Gasteiger partial charge in [-0.05, 0) is 54.4 Å². The molecule has 2 aliphatic heterocycles. The quantitative estimate of drug-likeness (QED) is 0.679. The van der Waals surface area contributed by atoms with Crippen LogP contribution in [0.2, 0.25) is 5.02 Å². The van der Waals surface area contributed by atoms with Crippen molar-refractivity contribution >= 4 is 45.7 Å². The third-order valence-electron chi connectivity index (χ3n) is 5.73. The summed E-state index contributed by atoms with van der Waals surface area (Å²) < 4.78 is 0. The molecule has 148 valence electrons. The number of benzene rings is 2. The summed E-state index contributed by atoms with van der Waals surface area (Å²) in [6.45, 7) is 2.90. The van der Waals surface area contributed by atoms with Gasteiger partial charge in [-0.15, -0.1) is 0 Å². The zero-order valence-electron chi connectivity index (χ0n) is 15.9. The molecular weight excluding hydrogens is 388 g/mol. The van der Waals surface area contributed by atoms with Crippen molar-refractivity contribution in [2.75, 3.05) is 36.4 Å². The molecule has 29 heavy (non-hydrogen) atoms. The molecule has 0 aliphatic carbocycles. The van der Waals surface area contributed by atoms with Crippen LogP contribution >= 0.6 is 11.6 Å². The Morgan fingerprint density at radius 1 is 0.966 bits per heavy atom. The molecule has 2 amide bonds. The van der Waals surface area contributed by atoms with Crippen molar-refractivity contribution in [3.05, 3.63) is 58.7 Å². The number of aryl methyl sites for hydroxylation is 1. The van der Waals surface area contributed by atoms with Crippen LogP contribution in [0, 0.1) is 0 Å². The van der Waals surface area contributed by atoms with Crippen LogP contribution in [-0.2, 0) is 11.2 Å². The van der Waals surface area contributed by atoms with E-state index in [1.165, 1.54) is 5.56 Å². The fraction of sp³-hybridized carbons (Fsp3) is 0.273. The summed E-state index contributed by atoms with van der Waals surface area (Å²) in [5.74, 6) is 0.0988. The van der Waals surface area contributed by atoms with E-state index in [0.717, 1.165) is 41.8 Å². The lowest BCUT2D eigenvalue weighted by Crippen LogP contribution is -2.48. The zero-order valence-corrected chi connectivity index (χ0v) is 16.6. The van der Waals surface area contributed by atoms with Gasteiger partial charge >= 0.3 is 0 Å². The molecule has 1 aromatic heterocycles. The van der Waals surface area contributed by atoms with E-state index in [-0.39, 0.29) is 11.8 Å². The van der Waals surface area contributed by atoms with Crippen molar-refractivity contribution in [3.63, 3.8) is 0 Å². The molecular formula is C22H21ClN4O2. The Labute approximate surface area is 173 Å². The lowest BCUT2D eigenvalue weighted by Gasteiger charge is -2.36. The van der Waals surface area contributed by atoms with Crippen LogP contribution in [0.3, 0.4) is 0 Å². The highest BCUT2D eigenvalue weighted by molar-refractivity contribution is 6.31. The van der Waals surface area contributed by atoms with Crippen molar-refractivity contribution in [2.24, 2.45) is 0 Å². The van der Waals surface area contributed by atoms with Crippen LogP contribution in [0.5, 0.6) is 0 Å². The molecule has 2 aromatic carbocycles. The Morgan fingerprint density at radius 3 is 2.62 bits per heavy atom. The highest BCUT2D eigenvalue weighted by Gasteiger charge is 2.24. The fourth-order valence-corrected chi connectivity index (χ4v) is 4.30. The number of fused-ring (bicyclic) bond motifs is 2. The molecule has 0 atom stereocenters. The summed E-state index contributed by atoms with van der Waals surface area (Å²) in [7, 11) is 0. The molecule has 2 aliphatic rings. The first-order valence-corrected chi connectivity index (χ1v) is 10.2. The molecule has 0 spiro atoms. The molecule has 0 radical (unpaired) electrons. The Bertz CT molecular complexity index is 1120. The standard InChI is InChI=1S/C22H21ClN4O2/c23-16-2-4-19-15(11-16)13-20(24-19)22(29)27-9-7-26(8-10-27)17-3-5-18-14(12-17)1-6-21(28)25-18/h2-5,11-13,24H,1,6-10H2,(H,25,28). The number of carbonyl (C=O) groups excluding carboxylic acids is 2. The molecule has 1 saturated heterocycles. The average molecular weight is 409 g/mol. The third kappa shape index (κ3) is 3.44. The van der Waals surface area contributed by atoms with Crippen LogP contribution in [0.1, 0.15) is 22.5 Å². The van der Waals surface area contributed by atoms with Crippen LogP contribution in [-0.4, -0.2) is 47.9 Å². The van der Waals surface area contributed by atoms with E-state index in [0.29, 0.717) is 30.2 Å². The van der Waals surface area contributed by atoms with Crippen LogP contribution in [0.4, 0.5) is 11.4 Å². The molecule has 6 nitrogen and oxygen atoms in total. The summed E-state index contributed by atoms with van der Waals surface area (Å²) in [6, 6.07) is 13.6. The van der Waals surface area contributed by atoms with Crippen molar-refractivity contribution < 1.29 is 9.59 Å². The van der Waals surface area contributed by atoms with Gasteiger partial charge in [-0.3, -0.25) is 9.59 Å². The zero-order chi connectivity index (χ0) is 20.0. The number of aromatic amines is 1. The number of piperazine rings is 1. The van der Waals surface area contributed by atoms with E-state index in [1.807, 2.05) is 41.3 Å². The third-order valence-corrected chi connectivity index (χ3v) is 5.96. The minimum atomic E-state index is 0.0186. The van der Waals surface area contributed by atoms with Gasteiger partial charge in [-0.2, -0.15) is 0 Å². The molecule has 3 heterocycles. The monoisotopic (exact) mass is 408 g/mol. The number of nitrogens with one attached hydrogen (secondary N) is 2. The smallest absolute Gasteiger partial charge is 0.270 e. The highest BCUT2D eigenvalue weighted by atomic mass is 35.5. The second-order valence-corrected chi connectivity index (χ2v) is 8.02. The second-order valence-electron chi connectivity index (χ2n) is 7.58. The van der Waals surface area contributed by atoms with Crippen LogP contribution < -0.4 is 10.2 Å². The topological polar surface area (TPSA) is 68.4 Å². The van der Waals surface area contributed by atoms with Crippen LogP contribution in [0.25, 0.3) is 10.9 Å². The van der Waals surface area contributed by atoms with Gasteiger partial charge in [0.1, 0.15) is 5.69 Å². The SMILES string of the molecule is O=C1CCc2cc(N3CCN(C(=O)c4cc5cc(Cl)ccc5[nH]4)CC3)ccc2N1. The number of rotatable bonds is 2. The van der Waals surface area contributed by atoms with Crippen LogP contribution in [0.15, 0.2) is 42.5 Å². The predicted molar refractivity (Wildman–Crippen MR) is 115 cm³/mol. The molecule has 1 fully saturated rings. The first-order chi connectivity index (χ1) is 14.1. The maximum atomic E-state index is 12.9. The first kappa shape index (κ1) is 18.1. The molecule has 0 saturated carbocycles. The Hall–Kier alpha value is -2.99. The number of amides is 2. The number of nitrogens with zero attached hydrogens (tertiary/aromatic N) is 2. The van der Waals surface area contributed by atoms with E-state index in [9.17, 15) is 9.59 Å². The minimum absolute atomic E-state index is 0.0186. The fourth-order valence-electron chi connectivity index (χ4n) is 4.12. The van der Waals surface area contributed by atoms with E-state index in [4.69, 9.17) is 11.6 Å². The number of aromatic nitrogens is 1. The Kier molecular flexibility index (Phi) is 4.43. The summed E-state index contributed by atoms with van der Waals surface area (Å²) in [5, 5.41) is 4.53. The number of hydrogen-bond donors (Lipinski definition) is 2. The predicted octanol–water partition coefficient (Wildman–Crippen LogP) is 3.67. The van der Waals surface area contributed by atoms with Gasteiger partial charge in [0.05, 0.1) is 0 Å². The van der Waals surface area contributed by atoms with Gasteiger partial charge in [-0.1, -0.05) is 11.6 Å². The minimum Gasteiger partial charge on any atom is -0.368 e. The molecule has 7 heteroatoms. The van der Waals surface area contributed by atoms with E-state index in [1.54, 1.807) is 0 Å². The molecule has 2 N–H and O–H groups in total. The maximum Gasteiger partial charge on any atom is 0.270 e. The highest BCUT2D eigenvalue weighted by Crippen LogP contribution is 2.28. The van der Waals surface area contributed by atoms with E-state index < -0.39 is 0 Å². The summed E-state index contributed by atoms with van der Waals surface area (Å²) in [4.78, 5) is 31.8. The van der Waals surface area contributed by atoms with Gasteiger partial charge in [0, 0.05) is 59.9 Å². The van der Waals surface area contributed by atoms with Crippen molar-refractivity contribution in [2.45, 2.75) is 12.8 Å². The van der Waals surface area contributed by atoms with Crippen molar-refractivity contribution in [1.82, 2.24) is 9.88 Å². The van der Waals surface area contributed by atoms with Crippen molar-refractivity contribution in [1.29, 1.82) is 0 Å². The maximum absolute atomic E-state index is 12.9. The van der Waals surface area contributed by atoms with Gasteiger partial charge in [0.25, 0.3) is 5.91 Å². The number of anilines is 2. The summed E-state index contributed by atoms with van der Waals surface area (Å²) in [5.41, 5.74) is 4.75. The number of carbonyl (C=O) groups is 2. The molecule has 0 bridgehead atoms. The first-order valence-electron chi connectivity index (χ1n) is 9.82. The van der Waals surface area contributed by atoms with Gasteiger partial charge < -0.3 is 20.1 Å². The average Bonchev–Trinajstić information content (AvgIpc) is 3.16. The summed E-state index contributed by atoms with van der Waals surface area (Å²) in [6.07, 6.45) is 1.31. The molecule has 5 rings (SSSR count). The van der Waals surface area contributed by atoms with E-state index >= 15 is 0 Å². The van der Waals surface area contributed by atoms with Gasteiger partial charge in [0.15, 0.2) is 0 Å². The Balaban J connectivity index is 1.27. The largest absolute Gasteiger partial charge is 0.368 e. The lowest BCUT2D eigenvalue weighted by molar-refractivity contribution is -0.116. The number of H-pyrrole nitrogens is 1. The van der Waals surface area contributed by atoms with Gasteiger partial charge in [-0.25, -0.2) is 0 Å². The second kappa shape index (κ2) is 7.12. The molecule has 0 unspecified atom stereocenters. The van der Waals surface area contributed by atoms with Gasteiger partial charge in [0.2, 0.25) is 5.91 Å².